The maximum atomic E-state index is 12.2. The number of likely N-dealkylation sites (tertiary alicyclic amines) is 1. The highest BCUT2D eigenvalue weighted by Crippen LogP contribution is 2.22. The predicted molar refractivity (Wildman–Crippen MR) is 82.9 cm³/mol. The number of carbonyl (C=O) groups excluding carboxylic acids is 1. The highest BCUT2D eigenvalue weighted by Gasteiger charge is 2.32. The van der Waals surface area contributed by atoms with Gasteiger partial charge in [0.05, 0.1) is 6.04 Å². The zero-order chi connectivity index (χ0) is 15.5. The van der Waals surface area contributed by atoms with Crippen molar-refractivity contribution in [1.29, 1.82) is 0 Å². The van der Waals surface area contributed by atoms with E-state index >= 15 is 0 Å². The normalized spacial score (nSPS) is 18.7. The second-order valence-corrected chi connectivity index (χ2v) is 6.67. The molecular weight excluding hydrogens is 290 g/mol. The van der Waals surface area contributed by atoms with Crippen LogP contribution in [0.5, 0.6) is 5.75 Å². The van der Waals surface area contributed by atoms with Gasteiger partial charge in [-0.15, -0.1) is 0 Å². The number of ether oxygens (including phenoxy) is 2. The summed E-state index contributed by atoms with van der Waals surface area (Å²) < 4.78 is 11.2. The Morgan fingerprint density at radius 3 is 2.62 bits per heavy atom. The third kappa shape index (κ3) is 4.81. The van der Waals surface area contributed by atoms with Crippen molar-refractivity contribution in [2.24, 2.45) is 0 Å². The van der Waals surface area contributed by atoms with Gasteiger partial charge in [-0.1, -0.05) is 11.6 Å². The van der Waals surface area contributed by atoms with Crippen molar-refractivity contribution in [1.82, 2.24) is 4.90 Å². The maximum Gasteiger partial charge on any atom is 0.410 e. The fourth-order valence-corrected chi connectivity index (χ4v) is 2.42. The fourth-order valence-electron chi connectivity index (χ4n) is 2.29. The molecule has 1 aliphatic rings. The molecule has 116 valence electrons. The van der Waals surface area contributed by atoms with Crippen LogP contribution in [0.3, 0.4) is 0 Å². The van der Waals surface area contributed by atoms with Crippen molar-refractivity contribution in [3.63, 3.8) is 0 Å². The van der Waals surface area contributed by atoms with Gasteiger partial charge in [0.15, 0.2) is 0 Å². The molecule has 1 atom stereocenters. The smallest absolute Gasteiger partial charge is 0.410 e. The minimum Gasteiger partial charge on any atom is -0.491 e. The molecule has 0 saturated carbocycles. The highest BCUT2D eigenvalue weighted by molar-refractivity contribution is 6.30. The second-order valence-electron chi connectivity index (χ2n) is 6.23. The van der Waals surface area contributed by atoms with Gasteiger partial charge in [0.1, 0.15) is 18.0 Å². The lowest BCUT2D eigenvalue weighted by Crippen LogP contribution is -2.42. The van der Waals surface area contributed by atoms with E-state index < -0.39 is 5.60 Å². The van der Waals surface area contributed by atoms with Crippen LogP contribution >= 0.6 is 11.6 Å². The van der Waals surface area contributed by atoms with Gasteiger partial charge in [-0.2, -0.15) is 0 Å². The highest BCUT2D eigenvalue weighted by atomic mass is 35.5. The third-order valence-electron chi connectivity index (χ3n) is 3.26. The number of amides is 1. The molecule has 0 spiro atoms. The van der Waals surface area contributed by atoms with Crippen molar-refractivity contribution in [2.75, 3.05) is 13.2 Å². The van der Waals surface area contributed by atoms with E-state index in [0.29, 0.717) is 11.6 Å². The van der Waals surface area contributed by atoms with E-state index in [-0.39, 0.29) is 12.1 Å². The first-order chi connectivity index (χ1) is 9.85. The molecule has 4 nitrogen and oxygen atoms in total. The van der Waals surface area contributed by atoms with E-state index in [1.54, 1.807) is 17.0 Å². The molecule has 0 bridgehead atoms. The Labute approximate surface area is 131 Å². The van der Waals surface area contributed by atoms with Gasteiger partial charge in [-0.25, -0.2) is 4.79 Å². The zero-order valence-electron chi connectivity index (χ0n) is 12.8. The first-order valence-electron chi connectivity index (χ1n) is 7.23. The molecule has 0 unspecified atom stereocenters. The lowest BCUT2D eigenvalue weighted by Gasteiger charge is -2.28. The van der Waals surface area contributed by atoms with Crippen LogP contribution in [0.15, 0.2) is 24.3 Å². The summed E-state index contributed by atoms with van der Waals surface area (Å²) in [4.78, 5) is 13.9. The van der Waals surface area contributed by atoms with Crippen LogP contribution in [-0.2, 0) is 4.74 Å². The van der Waals surface area contributed by atoms with Crippen LogP contribution in [0, 0.1) is 0 Å². The van der Waals surface area contributed by atoms with Gasteiger partial charge in [-0.3, -0.25) is 0 Å². The minimum absolute atomic E-state index is 0.0653. The largest absolute Gasteiger partial charge is 0.491 e. The summed E-state index contributed by atoms with van der Waals surface area (Å²) in [7, 11) is 0. The zero-order valence-corrected chi connectivity index (χ0v) is 13.5. The molecule has 1 fully saturated rings. The van der Waals surface area contributed by atoms with Crippen molar-refractivity contribution in [2.45, 2.75) is 45.3 Å². The number of benzene rings is 1. The first-order valence-corrected chi connectivity index (χ1v) is 7.61. The van der Waals surface area contributed by atoms with Gasteiger partial charge in [0.25, 0.3) is 0 Å². The average Bonchev–Trinajstić information content (AvgIpc) is 2.84. The summed E-state index contributed by atoms with van der Waals surface area (Å²) >= 11 is 5.84. The quantitative estimate of drug-likeness (QED) is 0.843. The molecule has 1 amide bonds. The lowest BCUT2D eigenvalue weighted by molar-refractivity contribution is 0.0187. The standard InChI is InChI=1S/C16H22ClNO3/c1-16(2,3)21-15(19)18-10-4-5-13(18)11-20-14-8-6-12(17)7-9-14/h6-9,13H,4-5,10-11H2,1-3H3/t13-/m0/s1. The van der Waals surface area contributed by atoms with Crippen LogP contribution in [0.4, 0.5) is 4.79 Å². The van der Waals surface area contributed by atoms with E-state index in [2.05, 4.69) is 0 Å². The molecule has 1 heterocycles. The van der Waals surface area contributed by atoms with Crippen LogP contribution in [0.1, 0.15) is 33.6 Å². The van der Waals surface area contributed by atoms with E-state index in [1.807, 2.05) is 32.9 Å². The van der Waals surface area contributed by atoms with E-state index in [0.717, 1.165) is 25.1 Å². The molecule has 5 heteroatoms. The lowest BCUT2D eigenvalue weighted by atomic mass is 10.2. The minimum atomic E-state index is -0.471. The van der Waals surface area contributed by atoms with Crippen LogP contribution < -0.4 is 4.74 Å². The molecule has 1 aromatic rings. The molecule has 0 aliphatic carbocycles. The van der Waals surface area contributed by atoms with E-state index in [4.69, 9.17) is 21.1 Å². The van der Waals surface area contributed by atoms with Gasteiger partial charge in [-0.05, 0) is 57.9 Å². The fraction of sp³-hybridized carbons (Fsp3) is 0.562. The molecule has 0 aromatic heterocycles. The summed E-state index contributed by atoms with van der Waals surface area (Å²) in [6.45, 7) is 6.82. The van der Waals surface area contributed by atoms with Gasteiger partial charge in [0, 0.05) is 11.6 Å². The van der Waals surface area contributed by atoms with Gasteiger partial charge in [0.2, 0.25) is 0 Å². The van der Waals surface area contributed by atoms with Crippen LogP contribution in [0.25, 0.3) is 0 Å². The summed E-state index contributed by atoms with van der Waals surface area (Å²) in [6.07, 6.45) is 1.66. The summed E-state index contributed by atoms with van der Waals surface area (Å²) in [5.41, 5.74) is -0.471. The maximum absolute atomic E-state index is 12.2. The molecule has 2 rings (SSSR count). The molecule has 1 saturated heterocycles. The molecular formula is C16H22ClNO3. The van der Waals surface area contributed by atoms with Gasteiger partial charge >= 0.3 is 6.09 Å². The Morgan fingerprint density at radius 2 is 2.00 bits per heavy atom. The number of carbonyl (C=O) groups is 1. The summed E-state index contributed by atoms with van der Waals surface area (Å²) in [5, 5.41) is 0.679. The Kier molecular flexibility index (Phi) is 4.99. The predicted octanol–water partition coefficient (Wildman–Crippen LogP) is 4.12. The molecule has 1 aliphatic heterocycles. The Bertz CT molecular complexity index is 481. The number of rotatable bonds is 3. The number of hydrogen-bond acceptors (Lipinski definition) is 3. The third-order valence-corrected chi connectivity index (χ3v) is 3.51. The van der Waals surface area contributed by atoms with Crippen molar-refractivity contribution in [3.05, 3.63) is 29.3 Å². The summed E-state index contributed by atoms with van der Waals surface area (Å²) in [5.74, 6) is 0.760. The molecule has 0 N–H and O–H groups in total. The van der Waals surface area contributed by atoms with Crippen LogP contribution in [0.2, 0.25) is 5.02 Å². The monoisotopic (exact) mass is 311 g/mol. The SMILES string of the molecule is CC(C)(C)OC(=O)N1CCC[C@H]1COc1ccc(Cl)cc1. The molecule has 1 aromatic carbocycles. The van der Waals surface area contributed by atoms with Crippen molar-refractivity contribution in [3.8, 4) is 5.75 Å². The molecule has 0 radical (unpaired) electrons. The topological polar surface area (TPSA) is 38.8 Å². The number of nitrogens with zero attached hydrogens (tertiary/aromatic N) is 1. The van der Waals surface area contributed by atoms with Gasteiger partial charge < -0.3 is 14.4 Å². The first kappa shape index (κ1) is 16.0. The summed E-state index contributed by atoms with van der Waals surface area (Å²) in [6, 6.07) is 7.30. The molecule has 21 heavy (non-hydrogen) atoms. The number of hydrogen-bond donors (Lipinski definition) is 0. The second kappa shape index (κ2) is 6.56. The Balaban J connectivity index is 1.90. The number of halogens is 1. The average molecular weight is 312 g/mol. The van der Waals surface area contributed by atoms with Crippen molar-refractivity contribution < 1.29 is 14.3 Å². The van der Waals surface area contributed by atoms with E-state index in [9.17, 15) is 4.79 Å². The Morgan fingerprint density at radius 1 is 1.33 bits per heavy atom. The van der Waals surface area contributed by atoms with E-state index in [1.165, 1.54) is 0 Å². The van der Waals surface area contributed by atoms with Crippen molar-refractivity contribution >= 4 is 17.7 Å². The Hall–Kier alpha value is -1.42. The van der Waals surface area contributed by atoms with Crippen LogP contribution in [-0.4, -0.2) is 35.8 Å².